The molecular formula is C13H14. The molecule has 0 radical (unpaired) electrons. The molecule has 0 bridgehead atoms. The van der Waals surface area contributed by atoms with Gasteiger partial charge >= 0.3 is 0 Å². The lowest BCUT2D eigenvalue weighted by Crippen LogP contribution is -1.87. The van der Waals surface area contributed by atoms with Crippen molar-refractivity contribution in [1.29, 1.82) is 0 Å². The van der Waals surface area contributed by atoms with Gasteiger partial charge in [-0.25, -0.2) is 0 Å². The number of hydrogen-bond acceptors (Lipinski definition) is 0. The van der Waals surface area contributed by atoms with Crippen molar-refractivity contribution in [2.24, 2.45) is 11.8 Å². The topological polar surface area (TPSA) is 0 Å². The zero-order valence-corrected chi connectivity index (χ0v) is 7.96. The van der Waals surface area contributed by atoms with Crippen LogP contribution < -0.4 is 0 Å². The van der Waals surface area contributed by atoms with Crippen LogP contribution in [-0.4, -0.2) is 0 Å². The highest BCUT2D eigenvalue weighted by Gasteiger charge is 2.40. The van der Waals surface area contributed by atoms with E-state index in [1.54, 1.807) is 5.57 Å². The first-order valence-corrected chi connectivity index (χ1v) is 5.11. The minimum atomic E-state index is 0.939. The van der Waals surface area contributed by atoms with Gasteiger partial charge in [0.15, 0.2) is 0 Å². The maximum Gasteiger partial charge on any atom is -0.0193 e. The zero-order chi connectivity index (χ0) is 8.84. The summed E-state index contributed by atoms with van der Waals surface area (Å²) in [6.45, 7) is 2.21. The standard InChI is InChI=1S/C13H14/c1-9-4-2-3-5-13(9)12-7-10-6-11(10)8-12/h2-5,7,10-11H,6,8H2,1H3. The summed E-state index contributed by atoms with van der Waals surface area (Å²) in [7, 11) is 0. The fraction of sp³-hybridized carbons (Fsp3) is 0.385. The summed E-state index contributed by atoms with van der Waals surface area (Å²) in [5.41, 5.74) is 4.50. The molecule has 66 valence electrons. The molecule has 0 N–H and O–H groups in total. The summed E-state index contributed by atoms with van der Waals surface area (Å²) in [5, 5.41) is 0. The van der Waals surface area contributed by atoms with Crippen LogP contribution in [-0.2, 0) is 0 Å². The van der Waals surface area contributed by atoms with Crippen molar-refractivity contribution >= 4 is 5.57 Å². The maximum atomic E-state index is 2.49. The Labute approximate surface area is 79.3 Å². The van der Waals surface area contributed by atoms with E-state index in [1.807, 2.05) is 0 Å². The Balaban J connectivity index is 2.01. The number of rotatable bonds is 1. The third-order valence-corrected chi connectivity index (χ3v) is 3.37. The molecule has 1 aromatic carbocycles. The molecule has 3 rings (SSSR count). The van der Waals surface area contributed by atoms with E-state index in [0.717, 1.165) is 11.8 Å². The van der Waals surface area contributed by atoms with Crippen molar-refractivity contribution in [3.8, 4) is 0 Å². The molecule has 0 saturated heterocycles. The summed E-state index contributed by atoms with van der Waals surface area (Å²) in [4.78, 5) is 0. The molecule has 0 nitrogen and oxygen atoms in total. The van der Waals surface area contributed by atoms with Crippen LogP contribution >= 0.6 is 0 Å². The van der Waals surface area contributed by atoms with Crippen molar-refractivity contribution in [3.05, 3.63) is 41.5 Å². The Hall–Kier alpha value is -1.04. The summed E-state index contributed by atoms with van der Waals surface area (Å²) < 4.78 is 0. The maximum absolute atomic E-state index is 2.49. The Bertz CT molecular complexity index is 373. The molecule has 2 unspecified atom stereocenters. The Kier molecular flexibility index (Phi) is 1.40. The van der Waals surface area contributed by atoms with E-state index in [2.05, 4.69) is 37.3 Å². The minimum Gasteiger partial charge on any atom is -0.0773 e. The molecule has 1 fully saturated rings. The average molecular weight is 170 g/mol. The highest BCUT2D eigenvalue weighted by molar-refractivity contribution is 5.71. The number of aryl methyl sites for hydroxylation is 1. The van der Waals surface area contributed by atoms with Gasteiger partial charge in [-0.15, -0.1) is 0 Å². The second-order valence-electron chi connectivity index (χ2n) is 4.37. The van der Waals surface area contributed by atoms with Crippen LogP contribution in [0.4, 0.5) is 0 Å². The van der Waals surface area contributed by atoms with Crippen molar-refractivity contribution in [2.45, 2.75) is 19.8 Å². The molecule has 0 amide bonds. The van der Waals surface area contributed by atoms with Crippen LogP contribution in [0.25, 0.3) is 5.57 Å². The molecule has 13 heavy (non-hydrogen) atoms. The molecule has 1 saturated carbocycles. The van der Waals surface area contributed by atoms with E-state index in [9.17, 15) is 0 Å². The Morgan fingerprint density at radius 2 is 2.08 bits per heavy atom. The van der Waals surface area contributed by atoms with Gasteiger partial charge in [-0.1, -0.05) is 30.3 Å². The molecule has 0 spiro atoms. The van der Waals surface area contributed by atoms with E-state index in [-0.39, 0.29) is 0 Å². The van der Waals surface area contributed by atoms with Crippen molar-refractivity contribution in [1.82, 2.24) is 0 Å². The first-order valence-electron chi connectivity index (χ1n) is 5.11. The molecule has 0 aliphatic heterocycles. The second kappa shape index (κ2) is 2.47. The number of hydrogen-bond donors (Lipinski definition) is 0. The van der Waals surface area contributed by atoms with Gasteiger partial charge in [-0.2, -0.15) is 0 Å². The van der Waals surface area contributed by atoms with E-state index in [4.69, 9.17) is 0 Å². The normalized spacial score (nSPS) is 29.8. The van der Waals surface area contributed by atoms with Crippen LogP contribution in [0, 0.1) is 18.8 Å². The van der Waals surface area contributed by atoms with E-state index >= 15 is 0 Å². The highest BCUT2D eigenvalue weighted by atomic mass is 14.4. The molecule has 2 aliphatic rings. The number of fused-ring (bicyclic) bond motifs is 1. The van der Waals surface area contributed by atoms with Gasteiger partial charge in [-0.3, -0.25) is 0 Å². The second-order valence-corrected chi connectivity index (χ2v) is 4.37. The third-order valence-electron chi connectivity index (χ3n) is 3.37. The monoisotopic (exact) mass is 170 g/mol. The molecule has 0 heterocycles. The van der Waals surface area contributed by atoms with Gasteiger partial charge in [-0.05, 0) is 48.3 Å². The predicted octanol–water partition coefficient (Wildman–Crippen LogP) is 3.42. The summed E-state index contributed by atoms with van der Waals surface area (Å²) in [5.74, 6) is 1.95. The minimum absolute atomic E-state index is 0.939. The van der Waals surface area contributed by atoms with Gasteiger partial charge in [0, 0.05) is 0 Å². The van der Waals surface area contributed by atoms with Gasteiger partial charge in [0.2, 0.25) is 0 Å². The van der Waals surface area contributed by atoms with Gasteiger partial charge in [0.25, 0.3) is 0 Å². The van der Waals surface area contributed by atoms with Crippen LogP contribution in [0.3, 0.4) is 0 Å². The van der Waals surface area contributed by atoms with Gasteiger partial charge in [0.05, 0.1) is 0 Å². The largest absolute Gasteiger partial charge is 0.0773 e. The Morgan fingerprint density at radius 1 is 1.23 bits per heavy atom. The lowest BCUT2D eigenvalue weighted by atomic mass is 9.98. The van der Waals surface area contributed by atoms with Crippen LogP contribution in [0.1, 0.15) is 24.0 Å². The van der Waals surface area contributed by atoms with Crippen LogP contribution in [0.2, 0.25) is 0 Å². The van der Waals surface area contributed by atoms with E-state index < -0.39 is 0 Å². The third kappa shape index (κ3) is 1.13. The molecular weight excluding hydrogens is 156 g/mol. The zero-order valence-electron chi connectivity index (χ0n) is 7.96. The first-order chi connectivity index (χ1) is 6.34. The van der Waals surface area contributed by atoms with Crippen molar-refractivity contribution in [2.75, 3.05) is 0 Å². The predicted molar refractivity (Wildman–Crippen MR) is 55.4 cm³/mol. The summed E-state index contributed by atoms with van der Waals surface area (Å²) in [6, 6.07) is 8.73. The van der Waals surface area contributed by atoms with Crippen molar-refractivity contribution in [3.63, 3.8) is 0 Å². The fourth-order valence-electron chi connectivity index (χ4n) is 2.45. The smallest absolute Gasteiger partial charge is 0.0193 e. The van der Waals surface area contributed by atoms with Crippen LogP contribution in [0.5, 0.6) is 0 Å². The number of benzene rings is 1. The molecule has 2 aliphatic carbocycles. The Morgan fingerprint density at radius 3 is 2.77 bits per heavy atom. The summed E-state index contributed by atoms with van der Waals surface area (Å²) in [6.07, 6.45) is 5.28. The van der Waals surface area contributed by atoms with Crippen molar-refractivity contribution < 1.29 is 0 Å². The average Bonchev–Trinajstić information content (AvgIpc) is 2.75. The van der Waals surface area contributed by atoms with Crippen LogP contribution in [0.15, 0.2) is 30.3 Å². The van der Waals surface area contributed by atoms with E-state index in [0.29, 0.717) is 0 Å². The molecule has 0 heteroatoms. The number of allylic oxidation sites excluding steroid dienone is 2. The van der Waals surface area contributed by atoms with Gasteiger partial charge in [0.1, 0.15) is 0 Å². The highest BCUT2D eigenvalue weighted by Crippen LogP contribution is 2.53. The van der Waals surface area contributed by atoms with Gasteiger partial charge < -0.3 is 0 Å². The quantitative estimate of drug-likeness (QED) is 0.605. The molecule has 1 aromatic rings. The lowest BCUT2D eigenvalue weighted by Gasteiger charge is -2.07. The summed E-state index contributed by atoms with van der Waals surface area (Å²) >= 11 is 0. The SMILES string of the molecule is Cc1ccccc1C1=CC2CC2C1. The molecule has 0 aromatic heterocycles. The first kappa shape index (κ1) is 7.37. The molecule has 2 atom stereocenters. The fourth-order valence-corrected chi connectivity index (χ4v) is 2.45. The van der Waals surface area contributed by atoms with E-state index in [1.165, 1.54) is 24.0 Å². The lowest BCUT2D eigenvalue weighted by molar-refractivity contribution is 0.862.